The van der Waals surface area contributed by atoms with Gasteiger partial charge in [-0.15, -0.1) is 0 Å². The van der Waals surface area contributed by atoms with Crippen LogP contribution in [-0.4, -0.2) is 19.7 Å². The largest absolute Gasteiger partial charge is 0.283 e. The Bertz CT molecular complexity index is 629. The van der Waals surface area contributed by atoms with Crippen molar-refractivity contribution in [1.82, 2.24) is 7.88 Å². The van der Waals surface area contributed by atoms with Gasteiger partial charge in [-0.3, -0.25) is 9.59 Å². The Balaban J connectivity index is 2.45. The summed E-state index contributed by atoms with van der Waals surface area (Å²) in [5.74, 6) is -1.08. The SMILES string of the molecule is O=C(c1ccc2cc(C(=O)N(Cl)Cl)ccc2c1)N(Cl)Cl. The van der Waals surface area contributed by atoms with Gasteiger partial charge in [0, 0.05) is 58.2 Å². The third-order valence-corrected chi connectivity index (χ3v) is 3.26. The fraction of sp³-hybridized carbons (Fsp3) is 0. The van der Waals surface area contributed by atoms with Crippen molar-refractivity contribution < 1.29 is 9.59 Å². The smallest absolute Gasteiger partial charge is 0.266 e. The molecule has 2 aromatic rings. The zero-order chi connectivity index (χ0) is 14.9. The van der Waals surface area contributed by atoms with Crippen LogP contribution in [0.3, 0.4) is 0 Å². The van der Waals surface area contributed by atoms with Gasteiger partial charge in [0.2, 0.25) is 0 Å². The molecular formula is C12H6Cl4N2O2. The van der Waals surface area contributed by atoms with Gasteiger partial charge >= 0.3 is 0 Å². The monoisotopic (exact) mass is 350 g/mol. The maximum absolute atomic E-state index is 11.6. The second-order valence-corrected chi connectivity index (χ2v) is 5.55. The van der Waals surface area contributed by atoms with Gasteiger partial charge in [0.15, 0.2) is 0 Å². The minimum atomic E-state index is -0.539. The quantitative estimate of drug-likeness (QED) is 0.755. The van der Waals surface area contributed by atoms with Gasteiger partial charge in [0.25, 0.3) is 11.8 Å². The Hall–Kier alpha value is -1.20. The molecule has 4 nitrogen and oxygen atoms in total. The lowest BCUT2D eigenvalue weighted by atomic mass is 10.0. The number of halogens is 4. The Morgan fingerprint density at radius 1 is 0.700 bits per heavy atom. The number of hydrogen-bond donors (Lipinski definition) is 0. The van der Waals surface area contributed by atoms with Crippen LogP contribution in [0, 0.1) is 0 Å². The molecule has 0 fully saturated rings. The molecule has 104 valence electrons. The third-order valence-electron chi connectivity index (χ3n) is 2.64. The van der Waals surface area contributed by atoms with Crippen molar-refractivity contribution in [2.45, 2.75) is 0 Å². The van der Waals surface area contributed by atoms with Crippen molar-refractivity contribution in [3.8, 4) is 0 Å². The second-order valence-electron chi connectivity index (χ2n) is 3.85. The molecule has 0 aliphatic rings. The molecule has 0 radical (unpaired) electrons. The van der Waals surface area contributed by atoms with Gasteiger partial charge in [0.05, 0.1) is 0 Å². The van der Waals surface area contributed by atoms with Gasteiger partial charge in [-0.2, -0.15) is 7.88 Å². The van der Waals surface area contributed by atoms with Gasteiger partial charge in [-0.05, 0) is 35.0 Å². The number of fused-ring (bicyclic) bond motifs is 1. The van der Waals surface area contributed by atoms with E-state index in [9.17, 15) is 9.59 Å². The normalized spacial score (nSPS) is 10.4. The molecule has 0 N–H and O–H groups in total. The molecule has 0 atom stereocenters. The summed E-state index contributed by atoms with van der Waals surface area (Å²) in [6.07, 6.45) is 0. The van der Waals surface area contributed by atoms with E-state index in [0.29, 0.717) is 19.0 Å². The lowest BCUT2D eigenvalue weighted by molar-refractivity contribution is 0.0915. The minimum Gasteiger partial charge on any atom is -0.266 e. The van der Waals surface area contributed by atoms with Crippen LogP contribution in [-0.2, 0) is 0 Å². The highest BCUT2D eigenvalue weighted by Crippen LogP contribution is 2.21. The van der Waals surface area contributed by atoms with E-state index in [1.54, 1.807) is 36.4 Å². The highest BCUT2D eigenvalue weighted by molar-refractivity contribution is 6.43. The van der Waals surface area contributed by atoms with E-state index in [0.717, 1.165) is 10.8 Å². The van der Waals surface area contributed by atoms with E-state index in [1.807, 2.05) is 0 Å². The fourth-order valence-corrected chi connectivity index (χ4v) is 2.10. The zero-order valence-electron chi connectivity index (χ0n) is 9.69. The number of nitrogens with zero attached hydrogens (tertiary/aromatic N) is 2. The van der Waals surface area contributed by atoms with E-state index in [4.69, 9.17) is 47.1 Å². The molecule has 2 rings (SSSR count). The number of carbonyl (C=O) groups is 2. The molecule has 0 bridgehead atoms. The molecule has 0 aliphatic heterocycles. The number of benzene rings is 2. The maximum atomic E-state index is 11.6. The summed E-state index contributed by atoms with van der Waals surface area (Å²) in [7, 11) is 0. The summed E-state index contributed by atoms with van der Waals surface area (Å²) in [4.78, 5) is 23.2. The third kappa shape index (κ3) is 3.10. The van der Waals surface area contributed by atoms with Crippen molar-refractivity contribution in [1.29, 1.82) is 0 Å². The summed E-state index contributed by atoms with van der Waals surface area (Å²) in [6.45, 7) is 0. The van der Waals surface area contributed by atoms with Gasteiger partial charge in [-0.25, -0.2) is 0 Å². The Labute approximate surface area is 134 Å². The Morgan fingerprint density at radius 3 is 1.35 bits per heavy atom. The molecule has 0 saturated carbocycles. The zero-order valence-corrected chi connectivity index (χ0v) is 12.7. The van der Waals surface area contributed by atoms with Crippen LogP contribution in [0.25, 0.3) is 10.8 Å². The lowest BCUT2D eigenvalue weighted by Crippen LogP contribution is -2.12. The first-order valence-corrected chi connectivity index (χ1v) is 6.61. The molecule has 0 heterocycles. The molecule has 0 saturated heterocycles. The van der Waals surface area contributed by atoms with E-state index in [2.05, 4.69) is 0 Å². The number of hydrogen-bond acceptors (Lipinski definition) is 2. The van der Waals surface area contributed by atoms with Crippen LogP contribution in [0.15, 0.2) is 36.4 Å². The predicted octanol–water partition coefficient (Wildman–Crippen LogP) is 4.34. The van der Waals surface area contributed by atoms with E-state index in [-0.39, 0.29) is 0 Å². The molecule has 0 unspecified atom stereocenters. The molecular weight excluding hydrogens is 346 g/mol. The lowest BCUT2D eigenvalue weighted by Gasteiger charge is -2.08. The average molecular weight is 352 g/mol. The van der Waals surface area contributed by atoms with Crippen molar-refractivity contribution in [3.05, 3.63) is 47.5 Å². The van der Waals surface area contributed by atoms with Crippen LogP contribution in [0.5, 0.6) is 0 Å². The van der Waals surface area contributed by atoms with Crippen LogP contribution < -0.4 is 0 Å². The minimum absolute atomic E-state index is 0.331. The van der Waals surface area contributed by atoms with Crippen molar-refractivity contribution in [2.24, 2.45) is 0 Å². The first-order valence-electron chi connectivity index (χ1n) is 5.26. The molecule has 2 amide bonds. The molecule has 0 spiro atoms. The van der Waals surface area contributed by atoms with Gasteiger partial charge in [-0.1, -0.05) is 12.1 Å². The van der Waals surface area contributed by atoms with Crippen LogP contribution in [0.4, 0.5) is 0 Å². The average Bonchev–Trinajstić information content (AvgIpc) is 2.44. The van der Waals surface area contributed by atoms with E-state index in [1.165, 1.54) is 0 Å². The Kier molecular flexibility index (Phi) is 4.60. The van der Waals surface area contributed by atoms with Crippen molar-refractivity contribution in [2.75, 3.05) is 0 Å². The summed E-state index contributed by atoms with van der Waals surface area (Å²) in [5, 5.41) is 1.50. The number of carbonyl (C=O) groups excluding carboxylic acids is 2. The number of amides is 2. The Morgan fingerprint density at radius 2 is 1.05 bits per heavy atom. The molecule has 8 heteroatoms. The van der Waals surface area contributed by atoms with Crippen LogP contribution in [0.2, 0.25) is 0 Å². The van der Waals surface area contributed by atoms with Gasteiger partial charge in [0.1, 0.15) is 0 Å². The summed E-state index contributed by atoms with van der Waals surface area (Å²) in [5.41, 5.74) is 0.663. The van der Waals surface area contributed by atoms with E-state index < -0.39 is 11.8 Å². The topological polar surface area (TPSA) is 40.6 Å². The molecule has 0 aromatic heterocycles. The van der Waals surface area contributed by atoms with Gasteiger partial charge < -0.3 is 0 Å². The van der Waals surface area contributed by atoms with Crippen LogP contribution in [0.1, 0.15) is 20.7 Å². The summed E-state index contributed by atoms with van der Waals surface area (Å²) < 4.78 is 0.913. The standard InChI is InChI=1S/C12H6Cl4N2O2/c13-17(14)11(19)9-3-1-7-5-10(12(20)18(15)16)4-2-8(7)6-9/h1-6H. The first-order chi connectivity index (χ1) is 9.40. The van der Waals surface area contributed by atoms with Crippen molar-refractivity contribution in [3.63, 3.8) is 0 Å². The first kappa shape index (κ1) is 15.2. The molecule has 2 aromatic carbocycles. The number of rotatable bonds is 2. The predicted molar refractivity (Wildman–Crippen MR) is 79.7 cm³/mol. The van der Waals surface area contributed by atoms with Crippen LogP contribution >= 0.6 is 47.1 Å². The summed E-state index contributed by atoms with van der Waals surface area (Å²) >= 11 is 21.5. The maximum Gasteiger partial charge on any atom is 0.283 e. The molecule has 20 heavy (non-hydrogen) atoms. The summed E-state index contributed by atoms with van der Waals surface area (Å²) in [6, 6.07) is 9.67. The van der Waals surface area contributed by atoms with Crippen molar-refractivity contribution >= 4 is 69.7 Å². The fourth-order valence-electron chi connectivity index (χ4n) is 1.71. The highest BCUT2D eigenvalue weighted by Gasteiger charge is 2.14. The van der Waals surface area contributed by atoms with E-state index >= 15 is 0 Å². The second kappa shape index (κ2) is 6.06. The molecule has 0 aliphatic carbocycles. The highest BCUT2D eigenvalue weighted by atomic mass is 35.5.